The quantitative estimate of drug-likeness (QED) is 0.510. The van der Waals surface area contributed by atoms with Gasteiger partial charge >= 0.3 is 0 Å². The van der Waals surface area contributed by atoms with Crippen molar-refractivity contribution < 1.29 is 15.0 Å². The highest BCUT2D eigenvalue weighted by Gasteiger charge is 2.07. The highest BCUT2D eigenvalue weighted by molar-refractivity contribution is 6.31. The number of rotatable bonds is 3. The molecule has 0 bridgehead atoms. The zero-order chi connectivity index (χ0) is 13.8. The highest BCUT2D eigenvalue weighted by atomic mass is 35.5. The third-order valence-electron chi connectivity index (χ3n) is 2.56. The summed E-state index contributed by atoms with van der Waals surface area (Å²) >= 11 is 5.76. The van der Waals surface area contributed by atoms with Gasteiger partial charge < -0.3 is 10.2 Å². The molecule has 19 heavy (non-hydrogen) atoms. The lowest BCUT2D eigenvalue weighted by Gasteiger charge is -2.02. The fourth-order valence-corrected chi connectivity index (χ4v) is 1.82. The Labute approximate surface area is 115 Å². The molecular formula is C15H11ClO3. The fraction of sp³-hybridized carbons (Fsp3) is 0. The van der Waals surface area contributed by atoms with Crippen molar-refractivity contribution in [2.45, 2.75) is 0 Å². The summed E-state index contributed by atoms with van der Waals surface area (Å²) in [5, 5.41) is 19.3. The molecule has 0 unspecified atom stereocenters. The Bertz CT molecular complexity index is 633. The van der Waals surface area contributed by atoms with Gasteiger partial charge in [0.05, 0.1) is 0 Å². The van der Waals surface area contributed by atoms with E-state index in [0.717, 1.165) is 0 Å². The van der Waals surface area contributed by atoms with Crippen LogP contribution in [0.2, 0.25) is 5.02 Å². The summed E-state index contributed by atoms with van der Waals surface area (Å²) in [4.78, 5) is 11.8. The molecule has 0 spiro atoms. The van der Waals surface area contributed by atoms with Crippen LogP contribution in [-0.4, -0.2) is 16.0 Å². The first kappa shape index (κ1) is 13.2. The van der Waals surface area contributed by atoms with Gasteiger partial charge in [-0.1, -0.05) is 41.9 Å². The molecule has 0 atom stereocenters. The van der Waals surface area contributed by atoms with Crippen molar-refractivity contribution in [2.24, 2.45) is 0 Å². The summed E-state index contributed by atoms with van der Waals surface area (Å²) in [6, 6.07) is 11.4. The average molecular weight is 275 g/mol. The van der Waals surface area contributed by atoms with Crippen LogP contribution >= 0.6 is 11.6 Å². The summed E-state index contributed by atoms with van der Waals surface area (Å²) in [6.45, 7) is 0. The first-order valence-corrected chi connectivity index (χ1v) is 5.94. The van der Waals surface area contributed by atoms with Crippen LogP contribution in [0.25, 0.3) is 6.08 Å². The minimum Gasteiger partial charge on any atom is -0.504 e. The Balaban J connectivity index is 2.27. The number of carbonyl (C=O) groups excluding carboxylic acids is 1. The number of hydrogen-bond acceptors (Lipinski definition) is 3. The van der Waals surface area contributed by atoms with Crippen molar-refractivity contribution >= 4 is 23.5 Å². The molecule has 0 aromatic heterocycles. The molecule has 0 fully saturated rings. The van der Waals surface area contributed by atoms with Gasteiger partial charge in [-0.15, -0.1) is 0 Å². The predicted molar refractivity (Wildman–Crippen MR) is 74.6 cm³/mol. The number of phenols is 2. The number of ketones is 1. The third kappa shape index (κ3) is 3.14. The molecular weight excluding hydrogens is 264 g/mol. The van der Waals surface area contributed by atoms with Crippen LogP contribution in [-0.2, 0) is 0 Å². The molecule has 96 valence electrons. The normalized spacial score (nSPS) is 10.8. The number of halogens is 1. The zero-order valence-electron chi connectivity index (χ0n) is 9.88. The van der Waals surface area contributed by atoms with Crippen LogP contribution in [0.5, 0.6) is 11.5 Å². The molecule has 2 aromatic carbocycles. The molecule has 2 N–H and O–H groups in total. The van der Waals surface area contributed by atoms with E-state index in [1.165, 1.54) is 24.3 Å². The van der Waals surface area contributed by atoms with E-state index < -0.39 is 0 Å². The van der Waals surface area contributed by atoms with E-state index >= 15 is 0 Å². The van der Waals surface area contributed by atoms with Gasteiger partial charge in [0.15, 0.2) is 17.3 Å². The lowest BCUT2D eigenvalue weighted by atomic mass is 10.1. The lowest BCUT2D eigenvalue weighted by molar-refractivity contribution is 0.104. The number of phenolic OH excluding ortho intramolecular Hbond substituents is 2. The summed E-state index contributed by atoms with van der Waals surface area (Å²) in [5.41, 5.74) is 0.832. The molecule has 2 aromatic rings. The maximum Gasteiger partial charge on any atom is 0.185 e. The molecule has 4 heteroatoms. The van der Waals surface area contributed by atoms with Gasteiger partial charge in [-0.05, 0) is 18.2 Å². The molecule has 0 saturated heterocycles. The van der Waals surface area contributed by atoms with Crippen molar-refractivity contribution in [3.63, 3.8) is 0 Å². The molecule has 2 rings (SSSR count). The van der Waals surface area contributed by atoms with Gasteiger partial charge in [0.1, 0.15) is 0 Å². The Kier molecular flexibility index (Phi) is 3.88. The summed E-state index contributed by atoms with van der Waals surface area (Å²) in [5.74, 6) is -0.819. The first-order valence-electron chi connectivity index (χ1n) is 5.57. The Hall–Kier alpha value is -2.26. The first-order chi connectivity index (χ1) is 9.08. The van der Waals surface area contributed by atoms with E-state index in [-0.39, 0.29) is 27.9 Å². The van der Waals surface area contributed by atoms with E-state index in [0.29, 0.717) is 5.56 Å². The van der Waals surface area contributed by atoms with E-state index in [4.69, 9.17) is 11.6 Å². The summed E-state index contributed by atoms with van der Waals surface area (Å²) in [6.07, 6.45) is 2.73. The molecule has 0 saturated carbocycles. The largest absolute Gasteiger partial charge is 0.504 e. The van der Waals surface area contributed by atoms with E-state index in [9.17, 15) is 15.0 Å². The van der Waals surface area contributed by atoms with E-state index in [2.05, 4.69) is 0 Å². The monoisotopic (exact) mass is 274 g/mol. The van der Waals surface area contributed by atoms with Crippen molar-refractivity contribution in [2.75, 3.05) is 0 Å². The third-order valence-corrected chi connectivity index (χ3v) is 2.77. The van der Waals surface area contributed by atoms with Crippen molar-refractivity contribution in [1.82, 2.24) is 0 Å². The smallest absolute Gasteiger partial charge is 0.185 e. The molecule has 0 aliphatic rings. The Morgan fingerprint density at radius 2 is 1.79 bits per heavy atom. The Morgan fingerprint density at radius 1 is 1.11 bits per heavy atom. The second-order valence-electron chi connectivity index (χ2n) is 3.93. The van der Waals surface area contributed by atoms with Crippen LogP contribution in [0.15, 0.2) is 48.5 Å². The van der Waals surface area contributed by atoms with Gasteiger partial charge in [-0.25, -0.2) is 0 Å². The van der Waals surface area contributed by atoms with Gasteiger partial charge in [0, 0.05) is 22.2 Å². The van der Waals surface area contributed by atoms with Gasteiger partial charge in [-0.2, -0.15) is 0 Å². The number of allylic oxidation sites excluding steroid dienone is 1. The van der Waals surface area contributed by atoms with E-state index in [1.54, 1.807) is 24.3 Å². The molecule has 0 radical (unpaired) electrons. The van der Waals surface area contributed by atoms with E-state index in [1.807, 2.05) is 6.07 Å². The van der Waals surface area contributed by atoms with Crippen molar-refractivity contribution in [1.29, 1.82) is 0 Å². The van der Waals surface area contributed by atoms with Crippen LogP contribution in [0.4, 0.5) is 0 Å². The van der Waals surface area contributed by atoms with Crippen LogP contribution in [0, 0.1) is 0 Å². The zero-order valence-corrected chi connectivity index (χ0v) is 10.6. The second kappa shape index (κ2) is 5.59. The highest BCUT2D eigenvalue weighted by Crippen LogP contribution is 2.33. The minimum atomic E-state index is -0.320. The molecule has 0 heterocycles. The molecule has 0 aliphatic heterocycles. The number of hydrogen-bond donors (Lipinski definition) is 2. The molecule has 3 nitrogen and oxygen atoms in total. The van der Waals surface area contributed by atoms with Gasteiger partial charge in [-0.3, -0.25) is 4.79 Å². The summed E-state index contributed by atoms with van der Waals surface area (Å²) < 4.78 is 0. The van der Waals surface area contributed by atoms with Crippen molar-refractivity contribution in [3.8, 4) is 11.5 Å². The van der Waals surface area contributed by atoms with Gasteiger partial charge in [0.25, 0.3) is 0 Å². The fourth-order valence-electron chi connectivity index (χ4n) is 1.60. The van der Waals surface area contributed by atoms with Crippen LogP contribution in [0.3, 0.4) is 0 Å². The minimum absolute atomic E-state index is 0.195. The van der Waals surface area contributed by atoms with Crippen LogP contribution in [0.1, 0.15) is 15.9 Å². The lowest BCUT2D eigenvalue weighted by Crippen LogP contribution is -1.92. The maximum absolute atomic E-state index is 11.8. The average Bonchev–Trinajstić information content (AvgIpc) is 2.41. The molecule has 0 amide bonds. The Morgan fingerprint density at radius 3 is 2.47 bits per heavy atom. The molecule has 0 aliphatic carbocycles. The van der Waals surface area contributed by atoms with Crippen molar-refractivity contribution in [3.05, 3.63) is 64.7 Å². The number of benzene rings is 2. The predicted octanol–water partition coefficient (Wildman–Crippen LogP) is 3.65. The maximum atomic E-state index is 11.8. The van der Waals surface area contributed by atoms with Gasteiger partial charge in [0.2, 0.25) is 0 Å². The van der Waals surface area contributed by atoms with Crippen LogP contribution < -0.4 is 0 Å². The topological polar surface area (TPSA) is 57.5 Å². The number of aromatic hydroxyl groups is 2. The number of carbonyl (C=O) groups is 1. The standard InChI is InChI=1S/C15H11ClO3/c16-12-8-11(15(19)14(18)9-12)6-7-13(17)10-4-2-1-3-5-10/h1-9,18-19H/b7-6+. The second-order valence-corrected chi connectivity index (χ2v) is 4.36. The summed E-state index contributed by atoms with van der Waals surface area (Å²) in [7, 11) is 0. The SMILES string of the molecule is O=C(/C=C/c1cc(Cl)cc(O)c1O)c1ccccc1.